The normalized spacial score (nSPS) is 43.8. The highest BCUT2D eigenvalue weighted by Gasteiger charge is 2.66. The summed E-state index contributed by atoms with van der Waals surface area (Å²) in [4.78, 5) is 12.2. The molecule has 1 saturated carbocycles. The Balaban J connectivity index is 1.55. The molecule has 1 aromatic rings. The van der Waals surface area contributed by atoms with Gasteiger partial charge in [0.15, 0.2) is 11.9 Å². The molecule has 4 heteroatoms. The van der Waals surface area contributed by atoms with E-state index < -0.39 is 11.4 Å². The van der Waals surface area contributed by atoms with Gasteiger partial charge in [-0.2, -0.15) is 4.89 Å². The minimum Gasteiger partial charge on any atom is -0.349 e. The van der Waals surface area contributed by atoms with E-state index in [9.17, 15) is 0 Å². The highest BCUT2D eigenvalue weighted by atomic mass is 17.3. The topological polar surface area (TPSA) is 36.9 Å². The van der Waals surface area contributed by atoms with Crippen LogP contribution in [0.5, 0.6) is 0 Å². The second-order valence-corrected chi connectivity index (χ2v) is 7.57. The van der Waals surface area contributed by atoms with Crippen molar-refractivity contribution >= 4 is 6.08 Å². The van der Waals surface area contributed by atoms with Gasteiger partial charge in [-0.25, -0.2) is 4.89 Å². The Bertz CT molecular complexity index is 640. The molecular formula is C20H24O4. The molecule has 0 radical (unpaired) electrons. The summed E-state index contributed by atoms with van der Waals surface area (Å²) in [6, 6.07) is 8.18. The summed E-state index contributed by atoms with van der Waals surface area (Å²) >= 11 is 0. The van der Waals surface area contributed by atoms with E-state index in [4.69, 9.17) is 19.2 Å². The molecule has 0 amide bonds. The molecule has 4 aliphatic heterocycles. The Morgan fingerprint density at radius 3 is 2.58 bits per heavy atom. The van der Waals surface area contributed by atoms with Gasteiger partial charge in [0, 0.05) is 12.0 Å². The van der Waals surface area contributed by atoms with Crippen molar-refractivity contribution in [3.63, 3.8) is 0 Å². The Hall–Kier alpha value is -1.20. The first-order chi connectivity index (χ1) is 11.8. The summed E-state index contributed by atoms with van der Waals surface area (Å²) in [5.74, 6) is 0.0853. The Labute approximate surface area is 142 Å². The molecular weight excluding hydrogens is 304 g/mol. The van der Waals surface area contributed by atoms with E-state index in [2.05, 4.69) is 6.58 Å². The van der Waals surface area contributed by atoms with Crippen LogP contribution in [0.1, 0.15) is 49.7 Å². The summed E-state index contributed by atoms with van der Waals surface area (Å²) in [6.45, 7) is 4.56. The lowest BCUT2D eigenvalue weighted by atomic mass is 9.65. The molecule has 24 heavy (non-hydrogen) atoms. The van der Waals surface area contributed by atoms with Crippen LogP contribution < -0.4 is 0 Å². The van der Waals surface area contributed by atoms with Crippen LogP contribution in [-0.2, 0) is 25.0 Å². The molecule has 0 aromatic heterocycles. The molecule has 2 bridgehead atoms. The third-order valence-electron chi connectivity index (χ3n) is 6.51. The summed E-state index contributed by atoms with van der Waals surface area (Å²) in [7, 11) is 0. The smallest absolute Gasteiger partial charge is 0.230 e. The predicted molar refractivity (Wildman–Crippen MR) is 88.6 cm³/mol. The van der Waals surface area contributed by atoms with Crippen LogP contribution in [0.4, 0.5) is 0 Å². The largest absolute Gasteiger partial charge is 0.349 e. The minimum atomic E-state index is -0.852. The number of benzene rings is 1. The van der Waals surface area contributed by atoms with Crippen LogP contribution in [0.3, 0.4) is 0 Å². The van der Waals surface area contributed by atoms with Crippen molar-refractivity contribution in [1.82, 2.24) is 0 Å². The zero-order valence-electron chi connectivity index (χ0n) is 13.9. The van der Waals surface area contributed by atoms with E-state index in [1.165, 1.54) is 19.3 Å². The number of hydrogen-bond acceptors (Lipinski definition) is 4. The van der Waals surface area contributed by atoms with Crippen LogP contribution in [-0.4, -0.2) is 18.5 Å². The maximum atomic E-state index is 6.49. The number of hydrogen-bond donors (Lipinski definition) is 0. The van der Waals surface area contributed by atoms with Gasteiger partial charge in [0.25, 0.3) is 0 Å². The molecule has 1 spiro atoms. The first-order valence-electron chi connectivity index (χ1n) is 9.16. The van der Waals surface area contributed by atoms with Crippen molar-refractivity contribution in [2.24, 2.45) is 11.8 Å². The lowest BCUT2D eigenvalue weighted by molar-refractivity contribution is -0.573. The number of ether oxygens (including phenoxy) is 2. The molecule has 6 rings (SSSR count). The van der Waals surface area contributed by atoms with E-state index >= 15 is 0 Å². The van der Waals surface area contributed by atoms with Gasteiger partial charge >= 0.3 is 0 Å². The van der Waals surface area contributed by atoms with Gasteiger partial charge in [-0.1, -0.05) is 43.3 Å². The summed E-state index contributed by atoms with van der Waals surface area (Å²) in [5, 5.41) is 0. The molecule has 4 saturated heterocycles. The highest BCUT2D eigenvalue weighted by Crippen LogP contribution is 2.59. The number of rotatable bonds is 2. The fourth-order valence-electron chi connectivity index (χ4n) is 5.20. The summed E-state index contributed by atoms with van der Waals surface area (Å²) in [6.07, 6.45) is 8.05. The van der Waals surface area contributed by atoms with Gasteiger partial charge in [0.2, 0.25) is 5.79 Å². The number of fused-ring (bicyclic) bond motifs is 2. The standard InChI is InChI=1S/C20H24O4/c1-2-14-6-8-15(9-7-14)19-12-10-16-4-3-5-17-11-13-21-18(22-19)20(16,17)24-23-19/h2,6-9,16-18H,1,3-5,10-13H2/t16-,17+,18+,19+,20-/m1/s1. The van der Waals surface area contributed by atoms with Gasteiger partial charge in [0.05, 0.1) is 6.61 Å². The lowest BCUT2D eigenvalue weighted by Gasteiger charge is -2.56. The van der Waals surface area contributed by atoms with E-state index in [0.29, 0.717) is 11.8 Å². The molecule has 5 fully saturated rings. The lowest BCUT2D eigenvalue weighted by Crippen LogP contribution is -2.65. The van der Waals surface area contributed by atoms with Crippen molar-refractivity contribution in [2.75, 3.05) is 6.61 Å². The van der Waals surface area contributed by atoms with Crippen LogP contribution in [0.2, 0.25) is 0 Å². The fourth-order valence-corrected chi connectivity index (χ4v) is 5.20. The van der Waals surface area contributed by atoms with Gasteiger partial charge in [-0.05, 0) is 43.1 Å². The van der Waals surface area contributed by atoms with Crippen LogP contribution >= 0.6 is 0 Å². The summed E-state index contributed by atoms with van der Waals surface area (Å²) < 4.78 is 12.6. The zero-order chi connectivity index (χ0) is 16.2. The molecule has 128 valence electrons. The Morgan fingerprint density at radius 1 is 1.00 bits per heavy atom. The maximum absolute atomic E-state index is 6.49. The van der Waals surface area contributed by atoms with Crippen molar-refractivity contribution in [2.45, 2.75) is 56.2 Å². The Kier molecular flexibility index (Phi) is 3.39. The molecule has 4 heterocycles. The molecule has 4 nitrogen and oxygen atoms in total. The fraction of sp³-hybridized carbons (Fsp3) is 0.600. The molecule has 0 N–H and O–H groups in total. The first-order valence-corrected chi connectivity index (χ1v) is 9.16. The monoisotopic (exact) mass is 328 g/mol. The highest BCUT2D eigenvalue weighted by molar-refractivity contribution is 5.47. The van der Waals surface area contributed by atoms with Gasteiger partial charge in [-0.3, -0.25) is 0 Å². The second kappa shape index (κ2) is 5.40. The summed E-state index contributed by atoms with van der Waals surface area (Å²) in [5.41, 5.74) is 1.67. The molecule has 5 aliphatic rings. The van der Waals surface area contributed by atoms with Crippen LogP contribution in [0, 0.1) is 11.8 Å². The molecule has 1 aromatic carbocycles. The van der Waals surface area contributed by atoms with Crippen LogP contribution in [0.25, 0.3) is 6.08 Å². The molecule has 5 atom stereocenters. The first kappa shape index (κ1) is 15.1. The maximum Gasteiger partial charge on any atom is 0.230 e. The van der Waals surface area contributed by atoms with E-state index in [1.54, 1.807) is 0 Å². The molecule has 0 unspecified atom stereocenters. The van der Waals surface area contributed by atoms with E-state index in [0.717, 1.165) is 37.0 Å². The van der Waals surface area contributed by atoms with Gasteiger partial charge in [-0.15, -0.1) is 0 Å². The average Bonchev–Trinajstić information content (AvgIpc) is 2.90. The zero-order valence-corrected chi connectivity index (χ0v) is 13.9. The van der Waals surface area contributed by atoms with Crippen molar-refractivity contribution in [3.05, 3.63) is 42.0 Å². The van der Waals surface area contributed by atoms with Crippen molar-refractivity contribution in [1.29, 1.82) is 0 Å². The van der Waals surface area contributed by atoms with Crippen LogP contribution in [0.15, 0.2) is 30.8 Å². The SMILES string of the molecule is C=Cc1ccc([C@@]23CC[C@H]4CCC[C@H]5CCO[C@@H](O2)[C@@]45OO3)cc1. The minimum absolute atomic E-state index is 0.322. The van der Waals surface area contributed by atoms with E-state index in [1.807, 2.05) is 30.3 Å². The molecule has 1 aliphatic carbocycles. The van der Waals surface area contributed by atoms with Crippen molar-refractivity contribution in [3.8, 4) is 0 Å². The van der Waals surface area contributed by atoms with Gasteiger partial charge in [0.1, 0.15) is 0 Å². The Morgan fingerprint density at radius 2 is 1.79 bits per heavy atom. The second-order valence-electron chi connectivity index (χ2n) is 7.57. The van der Waals surface area contributed by atoms with Gasteiger partial charge < -0.3 is 9.47 Å². The predicted octanol–water partition coefficient (Wildman–Crippen LogP) is 4.16. The third-order valence-corrected chi connectivity index (χ3v) is 6.51. The van der Waals surface area contributed by atoms with E-state index in [-0.39, 0.29) is 6.29 Å². The van der Waals surface area contributed by atoms with Crippen molar-refractivity contribution < 1.29 is 19.2 Å². The average molecular weight is 328 g/mol. The third kappa shape index (κ3) is 1.94. The quantitative estimate of drug-likeness (QED) is 0.764.